The predicted octanol–water partition coefficient (Wildman–Crippen LogP) is 4.34. The molecule has 0 bridgehead atoms. The van der Waals surface area contributed by atoms with Gasteiger partial charge in [0.1, 0.15) is 5.75 Å². The van der Waals surface area contributed by atoms with Crippen molar-refractivity contribution in [2.75, 3.05) is 6.61 Å². The van der Waals surface area contributed by atoms with Gasteiger partial charge in [-0.05, 0) is 36.5 Å². The molecule has 3 heteroatoms. The maximum Gasteiger partial charge on any atom is 0.119 e. The van der Waals surface area contributed by atoms with Crippen molar-refractivity contribution in [3.63, 3.8) is 0 Å². The van der Waals surface area contributed by atoms with Gasteiger partial charge in [0, 0.05) is 6.04 Å². The maximum atomic E-state index is 5.78. The van der Waals surface area contributed by atoms with E-state index < -0.39 is 0 Å². The lowest BCUT2D eigenvalue weighted by Crippen LogP contribution is -2.30. The number of nitrogens with one attached hydrogen (secondary N) is 1. The highest BCUT2D eigenvalue weighted by molar-refractivity contribution is 5.29. The zero-order chi connectivity index (χ0) is 14.9. The van der Waals surface area contributed by atoms with Crippen molar-refractivity contribution >= 4 is 0 Å². The highest BCUT2D eigenvalue weighted by Gasteiger charge is 2.19. The summed E-state index contributed by atoms with van der Waals surface area (Å²) in [6.07, 6.45) is 10.3. The molecule has 1 aromatic rings. The van der Waals surface area contributed by atoms with Crippen molar-refractivity contribution in [3.8, 4) is 5.75 Å². The maximum absolute atomic E-state index is 5.78. The van der Waals surface area contributed by atoms with E-state index in [1.807, 2.05) is 0 Å². The molecule has 3 N–H and O–H groups in total. The molecule has 0 heterocycles. The molecule has 21 heavy (non-hydrogen) atoms. The number of ether oxygens (including phenoxy) is 1. The number of unbranched alkanes of at least 4 members (excludes halogenated alkanes) is 1. The second-order valence-corrected chi connectivity index (χ2v) is 6.23. The lowest BCUT2D eigenvalue weighted by atomic mass is 9.83. The van der Waals surface area contributed by atoms with Crippen LogP contribution in [0, 0.1) is 5.92 Å². The van der Waals surface area contributed by atoms with Crippen LogP contribution in [0.25, 0.3) is 0 Å². The lowest BCUT2D eigenvalue weighted by Gasteiger charge is -2.26. The minimum Gasteiger partial charge on any atom is -0.494 e. The molecule has 1 aliphatic carbocycles. The van der Waals surface area contributed by atoms with Gasteiger partial charge in [-0.2, -0.15) is 0 Å². The SMILES string of the molecule is CCCCOc1ccc(C(CC2CCCCC2)NN)cc1. The molecular weight excluding hydrogens is 260 g/mol. The van der Waals surface area contributed by atoms with Gasteiger partial charge < -0.3 is 4.74 Å². The van der Waals surface area contributed by atoms with Crippen LogP contribution in [0.1, 0.15) is 69.9 Å². The smallest absolute Gasteiger partial charge is 0.119 e. The van der Waals surface area contributed by atoms with Crippen molar-refractivity contribution in [2.24, 2.45) is 11.8 Å². The third-order valence-electron chi connectivity index (χ3n) is 4.54. The highest BCUT2D eigenvalue weighted by Crippen LogP contribution is 2.32. The Hall–Kier alpha value is -1.06. The summed E-state index contributed by atoms with van der Waals surface area (Å²) in [6.45, 7) is 2.98. The Labute approximate surface area is 129 Å². The van der Waals surface area contributed by atoms with Gasteiger partial charge in [0.05, 0.1) is 6.61 Å². The van der Waals surface area contributed by atoms with Gasteiger partial charge >= 0.3 is 0 Å². The number of benzene rings is 1. The van der Waals surface area contributed by atoms with Crippen molar-refractivity contribution < 1.29 is 4.74 Å². The molecule has 1 atom stereocenters. The van der Waals surface area contributed by atoms with Gasteiger partial charge in [-0.15, -0.1) is 0 Å². The molecule has 0 radical (unpaired) electrons. The Morgan fingerprint density at radius 1 is 1.19 bits per heavy atom. The fourth-order valence-electron chi connectivity index (χ4n) is 3.19. The van der Waals surface area contributed by atoms with E-state index >= 15 is 0 Å². The molecule has 1 unspecified atom stereocenters. The number of rotatable bonds is 8. The van der Waals surface area contributed by atoms with E-state index in [-0.39, 0.29) is 6.04 Å². The predicted molar refractivity (Wildman–Crippen MR) is 88.1 cm³/mol. The van der Waals surface area contributed by atoms with Gasteiger partial charge in [0.25, 0.3) is 0 Å². The lowest BCUT2D eigenvalue weighted by molar-refractivity contribution is 0.299. The summed E-state index contributed by atoms with van der Waals surface area (Å²) < 4.78 is 5.71. The van der Waals surface area contributed by atoms with Gasteiger partial charge in [-0.1, -0.05) is 57.6 Å². The molecule has 0 amide bonds. The second-order valence-electron chi connectivity index (χ2n) is 6.23. The van der Waals surface area contributed by atoms with Gasteiger partial charge in [0.15, 0.2) is 0 Å². The highest BCUT2D eigenvalue weighted by atomic mass is 16.5. The van der Waals surface area contributed by atoms with Crippen molar-refractivity contribution in [1.82, 2.24) is 5.43 Å². The Morgan fingerprint density at radius 2 is 1.90 bits per heavy atom. The summed E-state index contributed by atoms with van der Waals surface area (Å²) in [7, 11) is 0. The number of hydrogen-bond acceptors (Lipinski definition) is 3. The van der Waals surface area contributed by atoms with Crippen LogP contribution < -0.4 is 16.0 Å². The minimum absolute atomic E-state index is 0.262. The Kier molecular flexibility index (Phi) is 7.04. The zero-order valence-corrected chi connectivity index (χ0v) is 13.3. The van der Waals surface area contributed by atoms with E-state index in [2.05, 4.69) is 36.6 Å². The van der Waals surface area contributed by atoms with Crippen molar-refractivity contribution in [3.05, 3.63) is 29.8 Å². The number of nitrogens with two attached hydrogens (primary N) is 1. The molecular formula is C18H30N2O. The summed E-state index contributed by atoms with van der Waals surface area (Å²) in [4.78, 5) is 0. The van der Waals surface area contributed by atoms with Crippen LogP contribution in [0.3, 0.4) is 0 Å². The van der Waals surface area contributed by atoms with E-state index in [1.54, 1.807) is 0 Å². The first-order valence-electron chi connectivity index (χ1n) is 8.52. The molecule has 0 aliphatic heterocycles. The fourth-order valence-corrected chi connectivity index (χ4v) is 3.19. The molecule has 0 saturated heterocycles. The first-order chi connectivity index (χ1) is 10.3. The largest absolute Gasteiger partial charge is 0.494 e. The van der Waals surface area contributed by atoms with Crippen LogP contribution in [0.15, 0.2) is 24.3 Å². The van der Waals surface area contributed by atoms with E-state index in [0.29, 0.717) is 0 Å². The molecule has 1 fully saturated rings. The van der Waals surface area contributed by atoms with Crippen molar-refractivity contribution in [2.45, 2.75) is 64.3 Å². The van der Waals surface area contributed by atoms with Crippen LogP contribution in [0.2, 0.25) is 0 Å². The standard InChI is InChI=1S/C18H30N2O/c1-2-3-13-21-17-11-9-16(10-12-17)18(20-19)14-15-7-5-4-6-8-15/h9-12,15,18,20H,2-8,13-14,19H2,1H3. The average molecular weight is 290 g/mol. The van der Waals surface area contributed by atoms with E-state index in [4.69, 9.17) is 10.6 Å². The van der Waals surface area contributed by atoms with Crippen LogP contribution in [-0.4, -0.2) is 6.61 Å². The summed E-state index contributed by atoms with van der Waals surface area (Å²) in [5.74, 6) is 7.56. The van der Waals surface area contributed by atoms with Crippen LogP contribution in [-0.2, 0) is 0 Å². The van der Waals surface area contributed by atoms with Crippen LogP contribution >= 0.6 is 0 Å². The molecule has 1 saturated carbocycles. The summed E-state index contributed by atoms with van der Waals surface area (Å²) in [5.41, 5.74) is 4.27. The molecule has 118 valence electrons. The topological polar surface area (TPSA) is 47.3 Å². The molecule has 1 aliphatic rings. The fraction of sp³-hybridized carbons (Fsp3) is 0.667. The summed E-state index contributed by atoms with van der Waals surface area (Å²) >= 11 is 0. The van der Waals surface area contributed by atoms with E-state index in [0.717, 1.165) is 31.1 Å². The molecule has 2 rings (SSSR count). The van der Waals surface area contributed by atoms with Crippen LogP contribution in [0.5, 0.6) is 5.75 Å². The number of hydrazine groups is 1. The van der Waals surface area contributed by atoms with Gasteiger partial charge in [-0.25, -0.2) is 0 Å². The van der Waals surface area contributed by atoms with E-state index in [1.165, 1.54) is 44.1 Å². The second kappa shape index (κ2) is 9.06. The van der Waals surface area contributed by atoms with Crippen molar-refractivity contribution in [1.29, 1.82) is 0 Å². The first kappa shape index (κ1) is 16.3. The average Bonchev–Trinajstić information content (AvgIpc) is 2.55. The Morgan fingerprint density at radius 3 is 2.52 bits per heavy atom. The quantitative estimate of drug-likeness (QED) is 0.425. The third-order valence-corrected chi connectivity index (χ3v) is 4.54. The minimum atomic E-state index is 0.262. The normalized spacial score (nSPS) is 17.6. The third kappa shape index (κ3) is 5.33. The Balaban J connectivity index is 1.88. The van der Waals surface area contributed by atoms with Gasteiger partial charge in [0.2, 0.25) is 0 Å². The molecule has 0 aromatic heterocycles. The van der Waals surface area contributed by atoms with Crippen LogP contribution in [0.4, 0.5) is 0 Å². The van der Waals surface area contributed by atoms with Gasteiger partial charge in [-0.3, -0.25) is 11.3 Å². The first-order valence-corrected chi connectivity index (χ1v) is 8.52. The summed E-state index contributed by atoms with van der Waals surface area (Å²) in [5, 5.41) is 0. The number of hydrogen-bond donors (Lipinski definition) is 2. The summed E-state index contributed by atoms with van der Waals surface area (Å²) in [6, 6.07) is 8.69. The monoisotopic (exact) mass is 290 g/mol. The van der Waals surface area contributed by atoms with E-state index in [9.17, 15) is 0 Å². The molecule has 0 spiro atoms. The molecule has 1 aromatic carbocycles. The molecule has 3 nitrogen and oxygen atoms in total. The zero-order valence-electron chi connectivity index (χ0n) is 13.3. The Bertz CT molecular complexity index is 385.